The van der Waals surface area contributed by atoms with Gasteiger partial charge in [-0.05, 0) is 18.4 Å². The van der Waals surface area contributed by atoms with E-state index in [9.17, 15) is 9.59 Å². The summed E-state index contributed by atoms with van der Waals surface area (Å²) in [7, 11) is 0. The molecular formula is C23H22N4O2. The molecule has 146 valence electrons. The Balaban J connectivity index is 1.40. The van der Waals surface area contributed by atoms with Gasteiger partial charge in [0.2, 0.25) is 5.91 Å². The molecule has 1 aromatic heterocycles. The zero-order valence-electron chi connectivity index (χ0n) is 16.1. The number of benzene rings is 2. The van der Waals surface area contributed by atoms with Crippen molar-refractivity contribution in [3.63, 3.8) is 0 Å². The molecule has 0 unspecified atom stereocenters. The van der Waals surface area contributed by atoms with Crippen molar-refractivity contribution in [3.05, 3.63) is 82.4 Å². The Morgan fingerprint density at radius 3 is 2.38 bits per heavy atom. The lowest BCUT2D eigenvalue weighted by Gasteiger charge is -2.23. The molecule has 0 bridgehead atoms. The van der Waals surface area contributed by atoms with E-state index in [1.165, 1.54) is 0 Å². The molecule has 2 aliphatic heterocycles. The van der Waals surface area contributed by atoms with Crippen LogP contribution in [0.3, 0.4) is 0 Å². The first-order valence-electron chi connectivity index (χ1n) is 10.0. The number of fused-ring (bicyclic) bond motifs is 2. The molecule has 6 nitrogen and oxygen atoms in total. The highest BCUT2D eigenvalue weighted by atomic mass is 16.2. The van der Waals surface area contributed by atoms with Crippen LogP contribution in [0.1, 0.15) is 24.2 Å². The van der Waals surface area contributed by atoms with Crippen molar-refractivity contribution in [2.75, 3.05) is 13.1 Å². The first kappa shape index (κ1) is 17.8. The largest absolute Gasteiger partial charge is 0.341 e. The SMILES string of the molecule is O=C(Cc1ccccc1)N1CC[C@@]2(CCn3c2nnc(-c2ccccc2)c3=O)C1. The minimum absolute atomic E-state index is 0.0906. The maximum absolute atomic E-state index is 13.0. The molecule has 0 aliphatic carbocycles. The second-order valence-electron chi connectivity index (χ2n) is 7.95. The molecular weight excluding hydrogens is 364 g/mol. The highest BCUT2D eigenvalue weighted by Crippen LogP contribution is 2.40. The number of carbonyl (C=O) groups excluding carboxylic acids is 1. The number of nitrogens with zero attached hydrogens (tertiary/aromatic N) is 4. The van der Waals surface area contributed by atoms with Crippen LogP contribution in [0.15, 0.2) is 65.5 Å². The number of aromatic nitrogens is 3. The number of hydrogen-bond donors (Lipinski definition) is 0. The fourth-order valence-electron chi connectivity index (χ4n) is 4.59. The lowest BCUT2D eigenvalue weighted by Crippen LogP contribution is -2.36. The number of amides is 1. The van der Waals surface area contributed by atoms with Gasteiger partial charge < -0.3 is 4.90 Å². The molecule has 3 aromatic rings. The van der Waals surface area contributed by atoms with Gasteiger partial charge in [0.15, 0.2) is 5.69 Å². The third kappa shape index (κ3) is 3.05. The van der Waals surface area contributed by atoms with E-state index in [0.717, 1.165) is 29.8 Å². The van der Waals surface area contributed by atoms with Gasteiger partial charge in [-0.15, -0.1) is 10.2 Å². The van der Waals surface area contributed by atoms with Gasteiger partial charge in [-0.25, -0.2) is 0 Å². The molecule has 2 aliphatic rings. The van der Waals surface area contributed by atoms with Gasteiger partial charge in [0.1, 0.15) is 5.82 Å². The summed E-state index contributed by atoms with van der Waals surface area (Å²) in [5.74, 6) is 0.861. The van der Waals surface area contributed by atoms with E-state index < -0.39 is 0 Å². The van der Waals surface area contributed by atoms with Crippen molar-refractivity contribution in [3.8, 4) is 11.3 Å². The topological polar surface area (TPSA) is 68.1 Å². The third-order valence-corrected chi connectivity index (χ3v) is 6.19. The van der Waals surface area contributed by atoms with Crippen molar-refractivity contribution < 1.29 is 4.79 Å². The van der Waals surface area contributed by atoms with Crippen molar-refractivity contribution in [2.45, 2.75) is 31.2 Å². The first-order chi connectivity index (χ1) is 14.2. The van der Waals surface area contributed by atoms with Crippen LogP contribution in [0.4, 0.5) is 0 Å². The molecule has 29 heavy (non-hydrogen) atoms. The second kappa shape index (κ2) is 6.95. The Morgan fingerprint density at radius 1 is 0.931 bits per heavy atom. The lowest BCUT2D eigenvalue weighted by atomic mass is 9.85. The second-order valence-corrected chi connectivity index (χ2v) is 7.95. The fourth-order valence-corrected chi connectivity index (χ4v) is 4.59. The lowest BCUT2D eigenvalue weighted by molar-refractivity contribution is -0.129. The number of carbonyl (C=O) groups is 1. The van der Waals surface area contributed by atoms with E-state index in [4.69, 9.17) is 0 Å². The van der Waals surface area contributed by atoms with Crippen LogP contribution >= 0.6 is 0 Å². The molecule has 1 saturated heterocycles. The predicted molar refractivity (Wildman–Crippen MR) is 109 cm³/mol. The van der Waals surface area contributed by atoms with Gasteiger partial charge in [0.25, 0.3) is 5.56 Å². The average molecular weight is 386 g/mol. The Bertz CT molecular complexity index is 1110. The quantitative estimate of drug-likeness (QED) is 0.693. The van der Waals surface area contributed by atoms with Crippen LogP contribution in [0.2, 0.25) is 0 Å². The summed E-state index contributed by atoms with van der Waals surface area (Å²) in [6.07, 6.45) is 2.05. The molecule has 3 heterocycles. The molecule has 6 heteroatoms. The Labute approximate surface area is 168 Å². The summed E-state index contributed by atoms with van der Waals surface area (Å²) in [5.41, 5.74) is 1.85. The van der Waals surface area contributed by atoms with Gasteiger partial charge in [-0.3, -0.25) is 14.2 Å². The minimum atomic E-state index is -0.256. The van der Waals surface area contributed by atoms with Crippen LogP contribution in [0, 0.1) is 0 Å². The van der Waals surface area contributed by atoms with Crippen LogP contribution in [0.5, 0.6) is 0 Å². The van der Waals surface area contributed by atoms with E-state index in [0.29, 0.717) is 31.7 Å². The first-order valence-corrected chi connectivity index (χ1v) is 10.0. The predicted octanol–water partition coefficient (Wildman–Crippen LogP) is 2.42. The molecule has 2 aromatic carbocycles. The third-order valence-electron chi connectivity index (χ3n) is 6.19. The molecule has 0 N–H and O–H groups in total. The summed E-state index contributed by atoms with van der Waals surface area (Å²) in [6.45, 7) is 1.93. The van der Waals surface area contributed by atoms with Crippen molar-refractivity contribution >= 4 is 5.91 Å². The van der Waals surface area contributed by atoms with Gasteiger partial charge in [0.05, 0.1) is 11.8 Å². The van der Waals surface area contributed by atoms with Crippen molar-refractivity contribution in [2.24, 2.45) is 0 Å². The molecule has 1 fully saturated rings. The maximum atomic E-state index is 13.0. The zero-order valence-corrected chi connectivity index (χ0v) is 16.1. The number of rotatable bonds is 3. The van der Waals surface area contributed by atoms with Crippen LogP contribution in [-0.2, 0) is 23.2 Å². The summed E-state index contributed by atoms with van der Waals surface area (Å²) >= 11 is 0. The smallest absolute Gasteiger partial charge is 0.280 e. The monoisotopic (exact) mass is 386 g/mol. The van der Waals surface area contributed by atoms with Gasteiger partial charge in [0, 0.05) is 25.2 Å². The zero-order chi connectivity index (χ0) is 19.8. The van der Waals surface area contributed by atoms with Gasteiger partial charge >= 0.3 is 0 Å². The molecule has 1 spiro atoms. The van der Waals surface area contributed by atoms with Gasteiger partial charge in [-0.2, -0.15) is 0 Å². The Kier molecular flexibility index (Phi) is 4.27. The summed E-state index contributed by atoms with van der Waals surface area (Å²) in [4.78, 5) is 27.7. The van der Waals surface area contributed by atoms with E-state index in [2.05, 4.69) is 10.2 Å². The minimum Gasteiger partial charge on any atom is -0.341 e. The van der Waals surface area contributed by atoms with E-state index in [1.807, 2.05) is 65.6 Å². The standard InChI is InChI=1S/C23H22N4O2/c28-19(15-17-7-3-1-4-8-17)26-13-11-23(16-26)12-14-27-21(29)20(24-25-22(23)27)18-9-5-2-6-10-18/h1-10H,11-16H2/t23-/m1/s1. The van der Waals surface area contributed by atoms with Gasteiger partial charge in [-0.1, -0.05) is 60.7 Å². The summed E-state index contributed by atoms with van der Waals surface area (Å²) in [6, 6.07) is 19.3. The maximum Gasteiger partial charge on any atom is 0.280 e. The number of hydrogen-bond acceptors (Lipinski definition) is 4. The normalized spacial score (nSPS) is 20.2. The average Bonchev–Trinajstić information content (AvgIpc) is 3.35. The number of likely N-dealkylation sites (tertiary alicyclic amines) is 1. The molecule has 1 atom stereocenters. The van der Waals surface area contributed by atoms with Crippen molar-refractivity contribution in [1.29, 1.82) is 0 Å². The van der Waals surface area contributed by atoms with Crippen molar-refractivity contribution in [1.82, 2.24) is 19.7 Å². The van der Waals surface area contributed by atoms with Crippen LogP contribution in [0.25, 0.3) is 11.3 Å². The highest BCUT2D eigenvalue weighted by Gasteiger charge is 2.48. The molecule has 1 amide bonds. The molecule has 0 saturated carbocycles. The highest BCUT2D eigenvalue weighted by molar-refractivity contribution is 5.79. The van der Waals surface area contributed by atoms with Crippen LogP contribution in [-0.4, -0.2) is 38.7 Å². The summed E-state index contributed by atoms with van der Waals surface area (Å²) < 4.78 is 1.76. The van der Waals surface area contributed by atoms with E-state index in [-0.39, 0.29) is 16.9 Å². The fraction of sp³-hybridized carbons (Fsp3) is 0.304. The van der Waals surface area contributed by atoms with Crippen LogP contribution < -0.4 is 5.56 Å². The molecule has 0 radical (unpaired) electrons. The Hall–Kier alpha value is -3.28. The van der Waals surface area contributed by atoms with E-state index >= 15 is 0 Å². The van der Waals surface area contributed by atoms with E-state index in [1.54, 1.807) is 4.57 Å². The summed E-state index contributed by atoms with van der Waals surface area (Å²) in [5, 5.41) is 8.77. The Morgan fingerprint density at radius 2 is 1.62 bits per heavy atom. The molecule has 5 rings (SSSR count).